The molecular weight excluding hydrogens is 415 g/mol. The molecule has 0 bridgehead atoms. The Balaban J connectivity index is 1.22. The van der Waals surface area contributed by atoms with Crippen LogP contribution in [0.4, 0.5) is 20.7 Å². The molecule has 3 amide bonds. The summed E-state index contributed by atoms with van der Waals surface area (Å²) in [6, 6.07) is 14.3. The maximum Gasteiger partial charge on any atom is 0.326 e. The zero-order valence-electron chi connectivity index (χ0n) is 17.0. The summed E-state index contributed by atoms with van der Waals surface area (Å²) in [7, 11) is 0. The monoisotopic (exact) mass is 434 g/mol. The van der Waals surface area contributed by atoms with Crippen molar-refractivity contribution in [1.29, 1.82) is 0 Å². The standard InChI is InChI=1S/C23H19FN4O4/c24-17-4-1-15(2-5-17)13-27-9-10-28(23(27)30)21-8-6-18(12-25-21)26-22(29)16-3-7-19-20(11-16)32-14-31-19/h1-8,11-12H,9-10,13-14H2,(H,26,29). The van der Waals surface area contributed by atoms with Crippen LogP contribution in [-0.2, 0) is 6.54 Å². The molecule has 2 aliphatic heterocycles. The number of urea groups is 1. The third kappa shape index (κ3) is 3.92. The molecule has 1 aromatic heterocycles. The van der Waals surface area contributed by atoms with Crippen LogP contribution >= 0.6 is 0 Å². The summed E-state index contributed by atoms with van der Waals surface area (Å²) in [4.78, 5) is 32.9. The van der Waals surface area contributed by atoms with E-state index in [2.05, 4.69) is 10.3 Å². The second-order valence-corrected chi connectivity index (χ2v) is 7.41. The average Bonchev–Trinajstić information content (AvgIpc) is 3.42. The van der Waals surface area contributed by atoms with Crippen molar-refractivity contribution in [3.05, 3.63) is 77.7 Å². The number of ether oxygens (including phenoxy) is 2. The van der Waals surface area contributed by atoms with Crippen molar-refractivity contribution in [1.82, 2.24) is 9.88 Å². The maximum absolute atomic E-state index is 13.1. The van der Waals surface area contributed by atoms with Gasteiger partial charge in [0.1, 0.15) is 11.6 Å². The van der Waals surface area contributed by atoms with Crippen molar-refractivity contribution in [3.8, 4) is 11.5 Å². The van der Waals surface area contributed by atoms with Gasteiger partial charge in [0, 0.05) is 25.2 Å². The summed E-state index contributed by atoms with van der Waals surface area (Å²) in [5.41, 5.74) is 1.80. The predicted molar refractivity (Wildman–Crippen MR) is 114 cm³/mol. The van der Waals surface area contributed by atoms with E-state index in [-0.39, 0.29) is 24.5 Å². The lowest BCUT2D eigenvalue weighted by Crippen LogP contribution is -2.31. The molecule has 32 heavy (non-hydrogen) atoms. The van der Waals surface area contributed by atoms with Gasteiger partial charge in [-0.1, -0.05) is 12.1 Å². The van der Waals surface area contributed by atoms with Crippen LogP contribution in [0.3, 0.4) is 0 Å². The topological polar surface area (TPSA) is 84.0 Å². The fourth-order valence-corrected chi connectivity index (χ4v) is 3.61. The van der Waals surface area contributed by atoms with E-state index in [9.17, 15) is 14.0 Å². The van der Waals surface area contributed by atoms with Crippen LogP contribution in [0, 0.1) is 5.82 Å². The van der Waals surface area contributed by atoms with Crippen LogP contribution in [0.5, 0.6) is 11.5 Å². The van der Waals surface area contributed by atoms with Gasteiger partial charge in [-0.3, -0.25) is 9.69 Å². The first-order valence-electron chi connectivity index (χ1n) is 10.0. The highest BCUT2D eigenvalue weighted by Crippen LogP contribution is 2.32. The molecule has 0 radical (unpaired) electrons. The van der Waals surface area contributed by atoms with Crippen molar-refractivity contribution < 1.29 is 23.5 Å². The van der Waals surface area contributed by atoms with Gasteiger partial charge in [0.05, 0.1) is 11.9 Å². The summed E-state index contributed by atoms with van der Waals surface area (Å²) in [6.45, 7) is 1.58. The van der Waals surface area contributed by atoms with E-state index in [0.717, 1.165) is 5.56 Å². The van der Waals surface area contributed by atoms with Gasteiger partial charge in [-0.25, -0.2) is 14.2 Å². The zero-order chi connectivity index (χ0) is 22.1. The van der Waals surface area contributed by atoms with Gasteiger partial charge in [0.2, 0.25) is 6.79 Å². The first-order valence-corrected chi connectivity index (χ1v) is 10.0. The van der Waals surface area contributed by atoms with Crippen LogP contribution in [0.15, 0.2) is 60.8 Å². The molecule has 9 heteroatoms. The van der Waals surface area contributed by atoms with Gasteiger partial charge in [-0.2, -0.15) is 0 Å². The van der Waals surface area contributed by atoms with Crippen molar-refractivity contribution in [2.24, 2.45) is 0 Å². The normalized spacial score (nSPS) is 14.7. The fourth-order valence-electron chi connectivity index (χ4n) is 3.61. The lowest BCUT2D eigenvalue weighted by atomic mass is 10.2. The number of nitrogens with one attached hydrogen (secondary N) is 1. The molecule has 2 aromatic carbocycles. The first kappa shape index (κ1) is 19.8. The van der Waals surface area contributed by atoms with E-state index in [1.807, 2.05) is 0 Å². The molecule has 2 aliphatic rings. The summed E-state index contributed by atoms with van der Waals surface area (Å²) in [5.74, 6) is 1.02. The summed E-state index contributed by atoms with van der Waals surface area (Å²) >= 11 is 0. The van der Waals surface area contributed by atoms with E-state index in [1.165, 1.54) is 18.3 Å². The molecule has 0 aliphatic carbocycles. The number of benzene rings is 2. The number of hydrogen-bond acceptors (Lipinski definition) is 5. The van der Waals surface area contributed by atoms with Crippen molar-refractivity contribution in [2.45, 2.75) is 6.54 Å². The Hall–Kier alpha value is -4.14. The third-order valence-electron chi connectivity index (χ3n) is 5.30. The molecule has 1 saturated heterocycles. The maximum atomic E-state index is 13.1. The Labute approximate surface area is 183 Å². The van der Waals surface area contributed by atoms with Crippen molar-refractivity contribution in [2.75, 3.05) is 30.1 Å². The molecular formula is C23H19FN4O4. The van der Waals surface area contributed by atoms with Crippen molar-refractivity contribution in [3.63, 3.8) is 0 Å². The molecule has 3 heterocycles. The molecule has 0 unspecified atom stereocenters. The molecule has 3 aromatic rings. The van der Waals surface area contributed by atoms with E-state index in [0.29, 0.717) is 48.2 Å². The minimum Gasteiger partial charge on any atom is -0.454 e. The predicted octanol–water partition coefficient (Wildman–Crippen LogP) is 3.64. The quantitative estimate of drug-likeness (QED) is 0.663. The van der Waals surface area contributed by atoms with Crippen LogP contribution in [0.25, 0.3) is 0 Å². The van der Waals surface area contributed by atoms with Crippen LogP contribution in [-0.4, -0.2) is 41.7 Å². The number of carbonyl (C=O) groups excluding carboxylic acids is 2. The molecule has 0 saturated carbocycles. The molecule has 162 valence electrons. The second-order valence-electron chi connectivity index (χ2n) is 7.41. The van der Waals surface area contributed by atoms with Gasteiger partial charge >= 0.3 is 6.03 Å². The van der Waals surface area contributed by atoms with Gasteiger partial charge in [-0.15, -0.1) is 0 Å². The Morgan fingerprint density at radius 1 is 1.03 bits per heavy atom. The number of nitrogens with zero attached hydrogens (tertiary/aromatic N) is 3. The molecule has 0 spiro atoms. The summed E-state index contributed by atoms with van der Waals surface area (Å²) in [6.07, 6.45) is 1.51. The molecule has 1 fully saturated rings. The van der Waals surface area contributed by atoms with Crippen LogP contribution < -0.4 is 19.7 Å². The second kappa shape index (κ2) is 8.18. The number of anilines is 2. The van der Waals surface area contributed by atoms with Gasteiger partial charge < -0.3 is 19.7 Å². The Morgan fingerprint density at radius 3 is 2.62 bits per heavy atom. The van der Waals surface area contributed by atoms with E-state index in [1.54, 1.807) is 52.3 Å². The number of pyridine rings is 1. The highest BCUT2D eigenvalue weighted by atomic mass is 19.1. The minimum absolute atomic E-state index is 0.141. The molecule has 1 N–H and O–H groups in total. The van der Waals surface area contributed by atoms with Crippen LogP contribution in [0.2, 0.25) is 0 Å². The third-order valence-corrected chi connectivity index (χ3v) is 5.30. The lowest BCUT2D eigenvalue weighted by molar-refractivity contribution is 0.102. The number of hydrogen-bond donors (Lipinski definition) is 1. The number of carbonyl (C=O) groups is 2. The summed E-state index contributed by atoms with van der Waals surface area (Å²) < 4.78 is 23.6. The Kier molecular flexibility index (Phi) is 5.06. The highest BCUT2D eigenvalue weighted by molar-refractivity contribution is 6.04. The zero-order valence-corrected chi connectivity index (χ0v) is 17.0. The molecule has 5 rings (SSSR count). The molecule has 8 nitrogen and oxygen atoms in total. The Bertz CT molecular complexity index is 1170. The number of amides is 3. The van der Waals surface area contributed by atoms with Gasteiger partial charge in [0.25, 0.3) is 5.91 Å². The number of halogens is 1. The van der Waals surface area contributed by atoms with Crippen molar-refractivity contribution >= 4 is 23.4 Å². The molecule has 0 atom stereocenters. The highest BCUT2D eigenvalue weighted by Gasteiger charge is 2.30. The average molecular weight is 434 g/mol. The number of rotatable bonds is 5. The smallest absolute Gasteiger partial charge is 0.326 e. The minimum atomic E-state index is -0.307. The van der Waals surface area contributed by atoms with E-state index in [4.69, 9.17) is 9.47 Å². The largest absolute Gasteiger partial charge is 0.454 e. The fraction of sp³-hybridized carbons (Fsp3) is 0.174. The van der Waals surface area contributed by atoms with Crippen LogP contribution in [0.1, 0.15) is 15.9 Å². The number of fused-ring (bicyclic) bond motifs is 1. The lowest BCUT2D eigenvalue weighted by Gasteiger charge is -2.18. The number of aromatic nitrogens is 1. The van der Waals surface area contributed by atoms with E-state index >= 15 is 0 Å². The Morgan fingerprint density at radius 2 is 1.84 bits per heavy atom. The first-order chi connectivity index (χ1) is 15.6. The summed E-state index contributed by atoms with van der Waals surface area (Å²) in [5, 5.41) is 2.78. The van der Waals surface area contributed by atoms with Gasteiger partial charge in [0.15, 0.2) is 11.5 Å². The van der Waals surface area contributed by atoms with E-state index < -0.39 is 0 Å². The van der Waals surface area contributed by atoms with Gasteiger partial charge in [-0.05, 0) is 48.0 Å². The SMILES string of the molecule is O=C(Nc1ccc(N2CCN(Cc3ccc(F)cc3)C2=O)nc1)c1ccc2c(c1)OCO2.